The van der Waals surface area contributed by atoms with Crippen molar-refractivity contribution in [2.24, 2.45) is 0 Å². The first-order valence-corrected chi connectivity index (χ1v) is 9.95. The van der Waals surface area contributed by atoms with Crippen molar-refractivity contribution < 1.29 is 19.2 Å². The van der Waals surface area contributed by atoms with E-state index in [0.29, 0.717) is 28.8 Å². The van der Waals surface area contributed by atoms with E-state index in [1.165, 1.54) is 11.9 Å². The molecule has 6 nitrogen and oxygen atoms in total. The summed E-state index contributed by atoms with van der Waals surface area (Å²) in [6.07, 6.45) is 6.97. The van der Waals surface area contributed by atoms with Crippen molar-refractivity contribution >= 4 is 23.6 Å². The summed E-state index contributed by atoms with van der Waals surface area (Å²) in [5.74, 6) is -0.727. The monoisotopic (exact) mass is 404 g/mol. The van der Waals surface area contributed by atoms with Gasteiger partial charge < -0.3 is 0 Å². The molecule has 0 bridgehead atoms. The molecule has 0 saturated heterocycles. The first kappa shape index (κ1) is 21.2. The van der Waals surface area contributed by atoms with Gasteiger partial charge in [-0.1, -0.05) is 36.4 Å². The summed E-state index contributed by atoms with van der Waals surface area (Å²) < 4.78 is 0. The highest BCUT2D eigenvalue weighted by molar-refractivity contribution is 6.21. The Morgan fingerprint density at radius 1 is 0.700 bits per heavy atom. The maximum Gasteiger partial charge on any atom is 0.261 e. The molecular formula is C24H24N2O4. The maximum absolute atomic E-state index is 12.0. The first-order chi connectivity index (χ1) is 14.5. The third-order valence-electron chi connectivity index (χ3n) is 5.11. The van der Waals surface area contributed by atoms with Gasteiger partial charge in [0.25, 0.3) is 23.6 Å². The number of benzene rings is 2. The largest absolute Gasteiger partial charge is 0.277 e. The summed E-state index contributed by atoms with van der Waals surface area (Å²) in [7, 11) is 1.49. The number of unbranched alkanes of at least 4 members (excludes halogenated alkanes) is 2. The molecule has 0 aromatic heterocycles. The standard InChI is InChI=1S/C15H17NO2.C9H7NO2/c1-2-3-4-5-8-11-16-14(17)12-9-6-7-10-13(12)15(16)18;1-10-8(11)6-4-2-3-5-7(6)9(10)12/h2-3,6-7,9-10H,4-5,8,11H2,1H3;2-5H,1H3/b3-2+;. The van der Waals surface area contributed by atoms with Crippen LogP contribution in [0.4, 0.5) is 0 Å². The van der Waals surface area contributed by atoms with Crippen LogP contribution in [0.15, 0.2) is 60.7 Å². The van der Waals surface area contributed by atoms with Gasteiger partial charge in [-0.2, -0.15) is 0 Å². The van der Waals surface area contributed by atoms with Crippen molar-refractivity contribution in [1.82, 2.24) is 9.80 Å². The van der Waals surface area contributed by atoms with Crippen molar-refractivity contribution in [3.8, 4) is 0 Å². The fourth-order valence-corrected chi connectivity index (χ4v) is 3.45. The number of fused-ring (bicyclic) bond motifs is 2. The molecular weight excluding hydrogens is 380 g/mol. The summed E-state index contributed by atoms with van der Waals surface area (Å²) in [5.41, 5.74) is 2.09. The van der Waals surface area contributed by atoms with Crippen molar-refractivity contribution in [3.05, 3.63) is 82.9 Å². The molecule has 0 spiro atoms. The van der Waals surface area contributed by atoms with Crippen LogP contribution >= 0.6 is 0 Å². The van der Waals surface area contributed by atoms with Gasteiger partial charge in [0.1, 0.15) is 0 Å². The van der Waals surface area contributed by atoms with Gasteiger partial charge in [0.2, 0.25) is 0 Å². The van der Waals surface area contributed by atoms with Gasteiger partial charge in [-0.05, 0) is 50.5 Å². The highest BCUT2D eigenvalue weighted by Gasteiger charge is 2.34. The van der Waals surface area contributed by atoms with Gasteiger partial charge >= 0.3 is 0 Å². The van der Waals surface area contributed by atoms with Gasteiger partial charge in [0.05, 0.1) is 22.3 Å². The predicted molar refractivity (Wildman–Crippen MR) is 113 cm³/mol. The van der Waals surface area contributed by atoms with Gasteiger partial charge in [-0.15, -0.1) is 0 Å². The number of hydrogen-bond acceptors (Lipinski definition) is 4. The minimum Gasteiger partial charge on any atom is -0.277 e. The third-order valence-corrected chi connectivity index (χ3v) is 5.11. The van der Waals surface area contributed by atoms with Crippen LogP contribution in [0.5, 0.6) is 0 Å². The number of carbonyl (C=O) groups is 4. The lowest BCUT2D eigenvalue weighted by atomic mass is 10.1. The minimum absolute atomic E-state index is 0.151. The molecule has 154 valence electrons. The van der Waals surface area contributed by atoms with Crippen LogP contribution in [-0.4, -0.2) is 47.0 Å². The SMILES string of the molecule is C/C=C/CCCCN1C(=O)c2ccccc2C1=O.CN1C(=O)c2ccccc2C1=O. The van der Waals surface area contributed by atoms with Crippen LogP contribution in [0.2, 0.25) is 0 Å². The fourth-order valence-electron chi connectivity index (χ4n) is 3.45. The zero-order valence-electron chi connectivity index (χ0n) is 17.1. The molecule has 6 heteroatoms. The molecule has 0 saturated carbocycles. The number of hydrogen-bond donors (Lipinski definition) is 0. The lowest BCUT2D eigenvalue weighted by Crippen LogP contribution is -2.30. The van der Waals surface area contributed by atoms with Gasteiger partial charge in [0.15, 0.2) is 0 Å². The minimum atomic E-state index is -0.212. The Morgan fingerprint density at radius 3 is 1.57 bits per heavy atom. The summed E-state index contributed by atoms with van der Waals surface area (Å²) in [4.78, 5) is 49.2. The number of carbonyl (C=O) groups excluding carboxylic acids is 4. The zero-order chi connectivity index (χ0) is 21.7. The smallest absolute Gasteiger partial charge is 0.261 e. The number of amides is 4. The molecule has 0 atom stereocenters. The Bertz CT molecular complexity index is 955. The quantitative estimate of drug-likeness (QED) is 0.430. The molecule has 2 aromatic carbocycles. The number of nitrogens with zero attached hydrogens (tertiary/aromatic N) is 2. The average molecular weight is 404 g/mol. The van der Waals surface area contributed by atoms with E-state index < -0.39 is 0 Å². The zero-order valence-corrected chi connectivity index (χ0v) is 17.1. The summed E-state index contributed by atoms with van der Waals surface area (Å²) in [6.45, 7) is 2.51. The topological polar surface area (TPSA) is 74.8 Å². The van der Waals surface area contributed by atoms with Crippen molar-refractivity contribution in [3.63, 3.8) is 0 Å². The Hall–Kier alpha value is -3.54. The van der Waals surface area contributed by atoms with Gasteiger partial charge in [-0.3, -0.25) is 29.0 Å². The van der Waals surface area contributed by atoms with Crippen molar-refractivity contribution in [1.29, 1.82) is 0 Å². The third kappa shape index (κ3) is 4.08. The van der Waals surface area contributed by atoms with Crippen molar-refractivity contribution in [2.45, 2.75) is 26.2 Å². The molecule has 0 N–H and O–H groups in total. The number of allylic oxidation sites excluding steroid dienone is 2. The molecule has 2 aliphatic rings. The summed E-state index contributed by atoms with van der Waals surface area (Å²) >= 11 is 0. The molecule has 0 radical (unpaired) electrons. The molecule has 4 rings (SSSR count). The van der Waals surface area contributed by atoms with E-state index in [4.69, 9.17) is 0 Å². The lowest BCUT2D eigenvalue weighted by Gasteiger charge is -2.12. The van der Waals surface area contributed by atoms with Crippen LogP contribution in [0.3, 0.4) is 0 Å². The van der Waals surface area contributed by atoms with Crippen LogP contribution in [-0.2, 0) is 0 Å². The second-order valence-corrected chi connectivity index (χ2v) is 7.09. The molecule has 2 heterocycles. The van der Waals surface area contributed by atoms with Crippen LogP contribution in [0.1, 0.15) is 67.6 Å². The highest BCUT2D eigenvalue weighted by atomic mass is 16.2. The van der Waals surface area contributed by atoms with Crippen molar-refractivity contribution in [2.75, 3.05) is 13.6 Å². The van der Waals surface area contributed by atoms with Crippen LogP contribution in [0, 0.1) is 0 Å². The Balaban J connectivity index is 0.000000184. The molecule has 4 amide bonds. The average Bonchev–Trinajstić information content (AvgIpc) is 3.15. The maximum atomic E-state index is 12.0. The fraction of sp³-hybridized carbons (Fsp3) is 0.250. The van der Waals surface area contributed by atoms with E-state index in [1.807, 2.05) is 13.0 Å². The Morgan fingerprint density at radius 2 is 1.13 bits per heavy atom. The molecule has 2 aromatic rings. The molecule has 30 heavy (non-hydrogen) atoms. The Labute approximate surface area is 175 Å². The second-order valence-electron chi connectivity index (χ2n) is 7.09. The van der Waals surface area contributed by atoms with Gasteiger partial charge in [0, 0.05) is 13.6 Å². The number of rotatable bonds is 5. The molecule has 0 fully saturated rings. The van der Waals surface area contributed by atoms with E-state index >= 15 is 0 Å². The van der Waals surface area contributed by atoms with E-state index in [0.717, 1.165) is 24.2 Å². The highest BCUT2D eigenvalue weighted by Crippen LogP contribution is 2.23. The second kappa shape index (κ2) is 9.31. The predicted octanol–water partition coefficient (Wildman–Crippen LogP) is 3.94. The lowest BCUT2D eigenvalue weighted by molar-refractivity contribution is 0.0646. The van der Waals surface area contributed by atoms with E-state index in [2.05, 4.69) is 6.08 Å². The number of imide groups is 2. The first-order valence-electron chi connectivity index (χ1n) is 9.95. The van der Waals surface area contributed by atoms with E-state index in [9.17, 15) is 19.2 Å². The van der Waals surface area contributed by atoms with Crippen LogP contribution in [0.25, 0.3) is 0 Å². The summed E-state index contributed by atoms with van der Waals surface area (Å²) in [5, 5.41) is 0. The molecule has 0 aliphatic carbocycles. The van der Waals surface area contributed by atoms with Crippen LogP contribution < -0.4 is 0 Å². The molecule has 2 aliphatic heterocycles. The molecule has 0 unspecified atom stereocenters. The summed E-state index contributed by atoms with van der Waals surface area (Å²) in [6, 6.07) is 13.9. The van der Waals surface area contributed by atoms with E-state index in [-0.39, 0.29) is 23.6 Å². The van der Waals surface area contributed by atoms with Gasteiger partial charge in [-0.25, -0.2) is 0 Å². The van der Waals surface area contributed by atoms with E-state index in [1.54, 1.807) is 48.5 Å². The Kier molecular flexibility index (Phi) is 6.57. The normalized spacial score (nSPS) is 14.9.